The van der Waals surface area contributed by atoms with E-state index in [4.69, 9.17) is 4.74 Å². The SMILES string of the molecule is Cc1cccc(Oc2cccc(CNC3CC3)c2)c1. The number of nitrogens with one attached hydrogen (secondary N) is 1. The first-order valence-corrected chi connectivity index (χ1v) is 6.86. The van der Waals surface area contributed by atoms with Gasteiger partial charge in [-0.25, -0.2) is 0 Å². The Balaban J connectivity index is 1.67. The molecule has 0 radical (unpaired) electrons. The minimum atomic E-state index is 0.737. The fourth-order valence-corrected chi connectivity index (χ4v) is 2.08. The zero-order chi connectivity index (χ0) is 13.1. The maximum atomic E-state index is 5.89. The van der Waals surface area contributed by atoms with Crippen LogP contribution in [0.1, 0.15) is 24.0 Å². The number of hydrogen-bond donors (Lipinski definition) is 1. The smallest absolute Gasteiger partial charge is 0.127 e. The first-order valence-electron chi connectivity index (χ1n) is 6.86. The fraction of sp³-hybridized carbons (Fsp3) is 0.294. The van der Waals surface area contributed by atoms with Crippen LogP contribution in [0.4, 0.5) is 0 Å². The van der Waals surface area contributed by atoms with Crippen molar-refractivity contribution in [1.82, 2.24) is 5.32 Å². The fourth-order valence-electron chi connectivity index (χ4n) is 2.08. The monoisotopic (exact) mass is 253 g/mol. The van der Waals surface area contributed by atoms with E-state index >= 15 is 0 Å². The maximum Gasteiger partial charge on any atom is 0.127 e. The second-order valence-corrected chi connectivity index (χ2v) is 5.22. The lowest BCUT2D eigenvalue weighted by atomic mass is 10.2. The van der Waals surface area contributed by atoms with Crippen molar-refractivity contribution in [3.8, 4) is 11.5 Å². The molecule has 0 atom stereocenters. The summed E-state index contributed by atoms with van der Waals surface area (Å²) in [6.45, 7) is 3.00. The average molecular weight is 253 g/mol. The Morgan fingerprint density at radius 2 is 1.79 bits per heavy atom. The summed E-state index contributed by atoms with van der Waals surface area (Å²) in [6, 6.07) is 17.2. The zero-order valence-corrected chi connectivity index (χ0v) is 11.2. The lowest BCUT2D eigenvalue weighted by Crippen LogP contribution is -2.15. The summed E-state index contributed by atoms with van der Waals surface area (Å²) in [5.41, 5.74) is 2.49. The van der Waals surface area contributed by atoms with Crippen molar-refractivity contribution < 1.29 is 4.74 Å². The van der Waals surface area contributed by atoms with Crippen LogP contribution in [0.25, 0.3) is 0 Å². The molecule has 0 bridgehead atoms. The highest BCUT2D eigenvalue weighted by Crippen LogP contribution is 2.24. The van der Waals surface area contributed by atoms with Gasteiger partial charge in [0.15, 0.2) is 0 Å². The molecule has 2 nitrogen and oxygen atoms in total. The van der Waals surface area contributed by atoms with Gasteiger partial charge >= 0.3 is 0 Å². The highest BCUT2D eigenvalue weighted by molar-refractivity contribution is 5.35. The van der Waals surface area contributed by atoms with Gasteiger partial charge in [0.1, 0.15) is 11.5 Å². The van der Waals surface area contributed by atoms with Gasteiger partial charge in [-0.2, -0.15) is 0 Å². The molecule has 0 aromatic heterocycles. The largest absolute Gasteiger partial charge is 0.457 e. The van der Waals surface area contributed by atoms with Gasteiger partial charge in [-0.3, -0.25) is 0 Å². The van der Waals surface area contributed by atoms with E-state index in [1.807, 2.05) is 18.2 Å². The third-order valence-electron chi connectivity index (χ3n) is 3.30. The van der Waals surface area contributed by atoms with E-state index in [9.17, 15) is 0 Å². The van der Waals surface area contributed by atoms with Crippen LogP contribution in [0.5, 0.6) is 11.5 Å². The zero-order valence-electron chi connectivity index (χ0n) is 11.2. The van der Waals surface area contributed by atoms with E-state index < -0.39 is 0 Å². The van der Waals surface area contributed by atoms with Gasteiger partial charge in [0.2, 0.25) is 0 Å². The number of aryl methyl sites for hydroxylation is 1. The topological polar surface area (TPSA) is 21.3 Å². The molecule has 0 unspecified atom stereocenters. The van der Waals surface area contributed by atoms with E-state index in [0.29, 0.717) is 0 Å². The van der Waals surface area contributed by atoms with Crippen molar-refractivity contribution in [1.29, 1.82) is 0 Å². The van der Waals surface area contributed by atoms with Crippen LogP contribution in [-0.2, 0) is 6.54 Å². The predicted molar refractivity (Wildman–Crippen MR) is 77.6 cm³/mol. The third-order valence-corrected chi connectivity index (χ3v) is 3.30. The van der Waals surface area contributed by atoms with Crippen LogP contribution < -0.4 is 10.1 Å². The Kier molecular flexibility index (Phi) is 3.51. The third kappa shape index (κ3) is 3.58. The van der Waals surface area contributed by atoms with Gasteiger partial charge in [-0.05, 0) is 55.2 Å². The molecule has 2 aromatic rings. The average Bonchev–Trinajstić information content (AvgIpc) is 3.21. The number of benzene rings is 2. The summed E-state index contributed by atoms with van der Waals surface area (Å²) in [4.78, 5) is 0. The number of ether oxygens (including phenoxy) is 1. The van der Waals surface area contributed by atoms with Crippen molar-refractivity contribution in [3.63, 3.8) is 0 Å². The second kappa shape index (κ2) is 5.45. The van der Waals surface area contributed by atoms with Crippen molar-refractivity contribution >= 4 is 0 Å². The molecular weight excluding hydrogens is 234 g/mol. The number of rotatable bonds is 5. The first kappa shape index (κ1) is 12.2. The molecule has 0 heterocycles. The standard InChI is InChI=1S/C17H19NO/c1-13-4-2-6-16(10-13)19-17-7-3-5-14(11-17)12-18-15-8-9-15/h2-7,10-11,15,18H,8-9,12H2,1H3. The maximum absolute atomic E-state index is 5.89. The van der Waals surface area contributed by atoms with E-state index in [1.165, 1.54) is 24.0 Å². The Morgan fingerprint density at radius 1 is 1.05 bits per heavy atom. The summed E-state index contributed by atoms with van der Waals surface area (Å²) < 4.78 is 5.89. The lowest BCUT2D eigenvalue weighted by molar-refractivity contribution is 0.481. The minimum absolute atomic E-state index is 0.737. The van der Waals surface area contributed by atoms with Crippen LogP contribution in [0, 0.1) is 6.92 Å². The highest BCUT2D eigenvalue weighted by Gasteiger charge is 2.19. The number of hydrogen-bond acceptors (Lipinski definition) is 2. The molecule has 3 rings (SSSR count). The van der Waals surface area contributed by atoms with Crippen molar-refractivity contribution in [2.24, 2.45) is 0 Å². The summed E-state index contributed by atoms with van der Waals surface area (Å²) in [6.07, 6.45) is 2.64. The normalized spacial score (nSPS) is 14.4. The Bertz CT molecular complexity index is 561. The van der Waals surface area contributed by atoms with Crippen LogP contribution in [-0.4, -0.2) is 6.04 Å². The molecule has 2 aromatic carbocycles. The quantitative estimate of drug-likeness (QED) is 0.868. The van der Waals surface area contributed by atoms with Crippen LogP contribution in [0.2, 0.25) is 0 Å². The van der Waals surface area contributed by atoms with E-state index in [0.717, 1.165) is 24.1 Å². The molecule has 0 aliphatic heterocycles. The Labute approximate surface area is 114 Å². The molecule has 0 spiro atoms. The molecular formula is C17H19NO. The molecule has 19 heavy (non-hydrogen) atoms. The van der Waals surface area contributed by atoms with Crippen LogP contribution in [0.15, 0.2) is 48.5 Å². The summed E-state index contributed by atoms with van der Waals surface area (Å²) in [7, 11) is 0. The molecule has 2 heteroatoms. The predicted octanol–water partition coefficient (Wildman–Crippen LogP) is 4.04. The van der Waals surface area contributed by atoms with Crippen LogP contribution >= 0.6 is 0 Å². The molecule has 1 aliphatic carbocycles. The Hall–Kier alpha value is -1.80. The Morgan fingerprint density at radius 3 is 2.53 bits per heavy atom. The summed E-state index contributed by atoms with van der Waals surface area (Å²) in [5, 5.41) is 3.52. The molecule has 1 aliphatic rings. The van der Waals surface area contributed by atoms with Crippen LogP contribution in [0.3, 0.4) is 0 Å². The van der Waals surface area contributed by atoms with Gasteiger partial charge in [0.05, 0.1) is 0 Å². The van der Waals surface area contributed by atoms with Gasteiger partial charge in [0, 0.05) is 12.6 Å². The summed E-state index contributed by atoms with van der Waals surface area (Å²) >= 11 is 0. The molecule has 1 N–H and O–H groups in total. The molecule has 98 valence electrons. The van der Waals surface area contributed by atoms with Gasteiger partial charge in [0.25, 0.3) is 0 Å². The second-order valence-electron chi connectivity index (χ2n) is 5.22. The lowest BCUT2D eigenvalue weighted by Gasteiger charge is -2.09. The molecule has 0 amide bonds. The highest BCUT2D eigenvalue weighted by atomic mass is 16.5. The molecule has 1 saturated carbocycles. The van der Waals surface area contributed by atoms with Crippen molar-refractivity contribution in [2.75, 3.05) is 0 Å². The summed E-state index contributed by atoms with van der Waals surface area (Å²) in [5.74, 6) is 1.80. The van der Waals surface area contributed by atoms with E-state index in [-0.39, 0.29) is 0 Å². The molecule has 0 saturated heterocycles. The van der Waals surface area contributed by atoms with Crippen molar-refractivity contribution in [3.05, 3.63) is 59.7 Å². The van der Waals surface area contributed by atoms with E-state index in [1.54, 1.807) is 0 Å². The minimum Gasteiger partial charge on any atom is -0.457 e. The van der Waals surface area contributed by atoms with Gasteiger partial charge < -0.3 is 10.1 Å². The van der Waals surface area contributed by atoms with Gasteiger partial charge in [-0.15, -0.1) is 0 Å². The first-order chi connectivity index (χ1) is 9.29. The van der Waals surface area contributed by atoms with Crippen molar-refractivity contribution in [2.45, 2.75) is 32.4 Å². The van der Waals surface area contributed by atoms with Gasteiger partial charge in [-0.1, -0.05) is 24.3 Å². The van der Waals surface area contributed by atoms with E-state index in [2.05, 4.69) is 42.6 Å². The molecule has 1 fully saturated rings.